The molecule has 1 amide bonds. The number of hydrogen-bond donors (Lipinski definition) is 3. The van der Waals surface area contributed by atoms with Crippen molar-refractivity contribution in [1.82, 2.24) is 20.3 Å². The average Bonchev–Trinajstić information content (AvgIpc) is 2.77. The Morgan fingerprint density at radius 3 is 2.62 bits per heavy atom. The number of ether oxygens (including phenoxy) is 1. The molecule has 0 aliphatic heterocycles. The summed E-state index contributed by atoms with van der Waals surface area (Å²) in [7, 11) is 0. The second kappa shape index (κ2) is 10.3. The molecule has 4 N–H and O–H groups in total. The van der Waals surface area contributed by atoms with E-state index < -0.39 is 12.0 Å². The van der Waals surface area contributed by atoms with Gasteiger partial charge in [0.1, 0.15) is 6.04 Å². The number of aromatic nitrogens is 3. The average molecular weight is 435 g/mol. The summed E-state index contributed by atoms with van der Waals surface area (Å²) in [5.74, 6) is -0.521. The fourth-order valence-electron chi connectivity index (χ4n) is 3.02. The first-order valence-electron chi connectivity index (χ1n) is 10.2. The quantitative estimate of drug-likeness (QED) is 0.461. The van der Waals surface area contributed by atoms with E-state index in [0.717, 1.165) is 23.2 Å². The van der Waals surface area contributed by atoms with Gasteiger partial charge in [0.2, 0.25) is 11.9 Å². The van der Waals surface area contributed by atoms with Gasteiger partial charge in [0, 0.05) is 11.3 Å². The molecule has 1 heterocycles. The third-order valence-corrected chi connectivity index (χ3v) is 4.67. The molecule has 0 aliphatic rings. The SMILES string of the molecule is CCc1ccccc1Nc1nc(N)nc(COC(=O)[C@H](C)NC(=O)c2cccc(C)c2)n1. The first kappa shape index (κ1) is 22.7. The number of nitrogens with two attached hydrogens (primary N) is 1. The van der Waals surface area contributed by atoms with Crippen LogP contribution in [0.3, 0.4) is 0 Å². The maximum absolute atomic E-state index is 12.3. The van der Waals surface area contributed by atoms with Gasteiger partial charge in [-0.15, -0.1) is 0 Å². The lowest BCUT2D eigenvalue weighted by molar-refractivity contribution is -0.147. The van der Waals surface area contributed by atoms with Gasteiger partial charge in [-0.2, -0.15) is 15.0 Å². The molecule has 2 aromatic carbocycles. The number of para-hydroxylation sites is 1. The molecule has 0 spiro atoms. The molecule has 0 aliphatic carbocycles. The predicted molar refractivity (Wildman–Crippen MR) is 121 cm³/mol. The number of carbonyl (C=O) groups excluding carboxylic acids is 2. The second-order valence-electron chi connectivity index (χ2n) is 7.24. The lowest BCUT2D eigenvalue weighted by Crippen LogP contribution is -2.39. The molecule has 3 aromatic rings. The molecule has 32 heavy (non-hydrogen) atoms. The maximum atomic E-state index is 12.3. The van der Waals surface area contributed by atoms with Gasteiger partial charge in [-0.3, -0.25) is 4.79 Å². The molecule has 3 rings (SSSR count). The summed E-state index contributed by atoms with van der Waals surface area (Å²) in [6.45, 7) is 5.28. The molecule has 0 fully saturated rings. The number of carbonyl (C=O) groups is 2. The van der Waals surface area contributed by atoms with Gasteiger partial charge in [0.05, 0.1) is 0 Å². The molecule has 9 heteroatoms. The normalized spacial score (nSPS) is 11.5. The number of benzene rings is 2. The Bertz CT molecular complexity index is 1120. The van der Waals surface area contributed by atoms with E-state index in [1.54, 1.807) is 25.1 Å². The molecule has 0 radical (unpaired) electrons. The molecule has 0 unspecified atom stereocenters. The molecular formula is C23H26N6O3. The van der Waals surface area contributed by atoms with Crippen LogP contribution in [-0.2, 0) is 22.6 Å². The Morgan fingerprint density at radius 1 is 1.09 bits per heavy atom. The van der Waals surface area contributed by atoms with Crippen LogP contribution in [0.5, 0.6) is 0 Å². The lowest BCUT2D eigenvalue weighted by atomic mass is 10.1. The van der Waals surface area contributed by atoms with Crippen molar-refractivity contribution in [2.24, 2.45) is 0 Å². The Hall–Kier alpha value is -4.01. The van der Waals surface area contributed by atoms with Crippen LogP contribution in [0.1, 0.15) is 41.2 Å². The fraction of sp³-hybridized carbons (Fsp3) is 0.261. The standard InChI is InChI=1S/C23H26N6O3/c1-4-16-9-5-6-11-18(16)26-23-28-19(27-22(24)29-23)13-32-21(31)15(3)25-20(30)17-10-7-8-14(2)12-17/h5-12,15H,4,13H2,1-3H3,(H,25,30)(H3,24,26,27,28,29)/t15-/m0/s1. The molecule has 0 bridgehead atoms. The van der Waals surface area contributed by atoms with Crippen molar-refractivity contribution in [1.29, 1.82) is 0 Å². The van der Waals surface area contributed by atoms with Crippen LogP contribution in [0.2, 0.25) is 0 Å². The van der Waals surface area contributed by atoms with Gasteiger partial charge in [-0.25, -0.2) is 4.79 Å². The van der Waals surface area contributed by atoms with E-state index in [9.17, 15) is 9.59 Å². The van der Waals surface area contributed by atoms with E-state index >= 15 is 0 Å². The highest BCUT2D eigenvalue weighted by molar-refractivity contribution is 5.96. The van der Waals surface area contributed by atoms with E-state index in [1.807, 2.05) is 44.2 Å². The van der Waals surface area contributed by atoms with Crippen LogP contribution in [0.25, 0.3) is 0 Å². The zero-order valence-corrected chi connectivity index (χ0v) is 18.3. The monoisotopic (exact) mass is 434 g/mol. The Balaban J connectivity index is 1.61. The summed E-state index contributed by atoms with van der Waals surface area (Å²) in [5.41, 5.74) is 9.17. The van der Waals surface area contributed by atoms with Crippen LogP contribution in [0, 0.1) is 6.92 Å². The largest absolute Gasteiger partial charge is 0.456 e. The van der Waals surface area contributed by atoms with Gasteiger partial charge in [0.15, 0.2) is 12.4 Å². The first-order valence-corrected chi connectivity index (χ1v) is 10.2. The van der Waals surface area contributed by atoms with Gasteiger partial charge < -0.3 is 21.1 Å². The smallest absolute Gasteiger partial charge is 0.328 e. The van der Waals surface area contributed by atoms with Crippen molar-refractivity contribution in [3.05, 3.63) is 71.0 Å². The fourth-order valence-corrected chi connectivity index (χ4v) is 3.02. The van der Waals surface area contributed by atoms with Crippen LogP contribution in [0.15, 0.2) is 48.5 Å². The van der Waals surface area contributed by atoms with Crippen molar-refractivity contribution in [3.8, 4) is 0 Å². The number of rotatable bonds is 8. The summed E-state index contributed by atoms with van der Waals surface area (Å²) in [6, 6.07) is 14.0. The number of esters is 1. The van der Waals surface area contributed by atoms with Gasteiger partial charge >= 0.3 is 5.97 Å². The first-order chi connectivity index (χ1) is 15.4. The van der Waals surface area contributed by atoms with E-state index in [0.29, 0.717) is 5.56 Å². The molecule has 1 aromatic heterocycles. The number of nitrogen functional groups attached to an aromatic ring is 1. The number of nitrogens with zero attached hydrogens (tertiary/aromatic N) is 3. The summed E-state index contributed by atoms with van der Waals surface area (Å²) in [5, 5.41) is 5.75. The predicted octanol–water partition coefficient (Wildman–Crippen LogP) is 2.93. The van der Waals surface area contributed by atoms with Crippen molar-refractivity contribution in [2.45, 2.75) is 39.8 Å². The molecular weight excluding hydrogens is 408 g/mol. The highest BCUT2D eigenvalue weighted by atomic mass is 16.5. The van der Waals surface area contributed by atoms with E-state index in [1.165, 1.54) is 0 Å². The maximum Gasteiger partial charge on any atom is 0.328 e. The topological polar surface area (TPSA) is 132 Å². The van der Waals surface area contributed by atoms with Crippen molar-refractivity contribution in [3.63, 3.8) is 0 Å². The highest BCUT2D eigenvalue weighted by Crippen LogP contribution is 2.19. The van der Waals surface area contributed by atoms with Crippen LogP contribution in [-0.4, -0.2) is 32.9 Å². The molecule has 0 saturated carbocycles. The minimum absolute atomic E-state index is 0.00308. The summed E-state index contributed by atoms with van der Waals surface area (Å²) in [4.78, 5) is 37.1. The second-order valence-corrected chi connectivity index (χ2v) is 7.24. The van der Waals surface area contributed by atoms with Crippen LogP contribution in [0.4, 0.5) is 17.6 Å². The molecule has 1 atom stereocenters. The summed E-state index contributed by atoms with van der Waals surface area (Å²) >= 11 is 0. The number of aryl methyl sites for hydroxylation is 2. The Kier molecular flexibility index (Phi) is 7.33. The molecule has 0 saturated heterocycles. The number of amides is 1. The lowest BCUT2D eigenvalue weighted by Gasteiger charge is -2.14. The Labute approximate surface area is 186 Å². The van der Waals surface area contributed by atoms with E-state index in [-0.39, 0.29) is 30.2 Å². The zero-order chi connectivity index (χ0) is 23.1. The molecule has 9 nitrogen and oxygen atoms in total. The Morgan fingerprint density at radius 2 is 1.88 bits per heavy atom. The van der Waals surface area contributed by atoms with Crippen LogP contribution >= 0.6 is 0 Å². The minimum atomic E-state index is -0.851. The van der Waals surface area contributed by atoms with Crippen molar-refractivity contribution in [2.75, 3.05) is 11.1 Å². The number of nitrogens with one attached hydrogen (secondary N) is 2. The third-order valence-electron chi connectivity index (χ3n) is 4.67. The van der Waals surface area contributed by atoms with E-state index in [4.69, 9.17) is 10.5 Å². The zero-order valence-electron chi connectivity index (χ0n) is 18.3. The van der Waals surface area contributed by atoms with Crippen molar-refractivity contribution < 1.29 is 14.3 Å². The van der Waals surface area contributed by atoms with Crippen LogP contribution < -0.4 is 16.4 Å². The number of anilines is 3. The minimum Gasteiger partial charge on any atom is -0.456 e. The number of hydrogen-bond acceptors (Lipinski definition) is 8. The summed E-state index contributed by atoms with van der Waals surface area (Å²) < 4.78 is 5.27. The summed E-state index contributed by atoms with van der Waals surface area (Å²) in [6.07, 6.45) is 0.834. The third kappa shape index (κ3) is 6.00. The van der Waals surface area contributed by atoms with Crippen molar-refractivity contribution >= 4 is 29.5 Å². The van der Waals surface area contributed by atoms with Gasteiger partial charge in [-0.1, -0.05) is 42.8 Å². The van der Waals surface area contributed by atoms with Gasteiger partial charge in [0.25, 0.3) is 5.91 Å². The van der Waals surface area contributed by atoms with E-state index in [2.05, 4.69) is 25.6 Å². The van der Waals surface area contributed by atoms with Gasteiger partial charge in [-0.05, 0) is 44.0 Å². The highest BCUT2D eigenvalue weighted by Gasteiger charge is 2.19. The molecule has 166 valence electrons.